The number of halogens is 1. The number of carbonyl (C=O) groups excluding carboxylic acids is 1. The number of nitrogens with one attached hydrogen (secondary N) is 1. The van der Waals surface area contributed by atoms with Gasteiger partial charge in [-0.05, 0) is 77.3 Å². The summed E-state index contributed by atoms with van der Waals surface area (Å²) in [6.45, 7) is 2.63. The SMILES string of the molecule is O=C(O)CCCCCCC(=O)NCc1cccc(-c2ccc([C@H]3O[C@@H](CN4CCC(O)(c5ccc(Cl)cc5)CC4)C[C@@H](c4ccc(CO)cc4)O3)cc2)c1. The van der Waals surface area contributed by atoms with Crippen LogP contribution in [0, 0.1) is 0 Å². The maximum Gasteiger partial charge on any atom is 0.303 e. The zero-order valence-corrected chi connectivity index (χ0v) is 31.4. The first kappa shape index (κ1) is 39.6. The van der Waals surface area contributed by atoms with E-state index in [-0.39, 0.29) is 31.1 Å². The van der Waals surface area contributed by atoms with E-state index in [0.717, 1.165) is 77.8 Å². The monoisotopic (exact) mass is 754 g/mol. The van der Waals surface area contributed by atoms with Gasteiger partial charge in [-0.1, -0.05) is 103 Å². The molecular formula is C44H51ClN2O7. The summed E-state index contributed by atoms with van der Waals surface area (Å²) in [5, 5.41) is 33.5. The Kier molecular flexibility index (Phi) is 13.9. The van der Waals surface area contributed by atoms with E-state index in [4.69, 9.17) is 26.2 Å². The molecule has 0 bridgehead atoms. The van der Waals surface area contributed by atoms with Gasteiger partial charge in [-0.15, -0.1) is 0 Å². The highest BCUT2D eigenvalue weighted by atomic mass is 35.5. The lowest BCUT2D eigenvalue weighted by atomic mass is 9.84. The van der Waals surface area contributed by atoms with Crippen LogP contribution in [0.1, 0.15) is 98.0 Å². The Labute approximate surface area is 322 Å². The van der Waals surface area contributed by atoms with E-state index in [9.17, 15) is 19.8 Å². The number of carboxylic acid groups (broad SMARTS) is 1. The van der Waals surface area contributed by atoms with Gasteiger partial charge in [0.1, 0.15) is 0 Å². The normalized spacial score (nSPS) is 20.0. The molecule has 0 spiro atoms. The smallest absolute Gasteiger partial charge is 0.303 e. The van der Waals surface area contributed by atoms with Gasteiger partial charge in [0, 0.05) is 56.0 Å². The molecule has 0 radical (unpaired) electrons. The summed E-state index contributed by atoms with van der Waals surface area (Å²) in [5.74, 6) is -0.782. The topological polar surface area (TPSA) is 129 Å². The number of unbranched alkanes of at least 4 members (excludes halogenated alkanes) is 3. The number of hydrogen-bond donors (Lipinski definition) is 4. The molecule has 1 amide bonds. The molecule has 2 aliphatic rings. The van der Waals surface area contributed by atoms with E-state index in [1.54, 1.807) is 0 Å². The molecule has 2 aliphatic heterocycles. The number of ether oxygens (including phenoxy) is 2. The van der Waals surface area contributed by atoms with Gasteiger partial charge in [0.05, 0.1) is 24.4 Å². The van der Waals surface area contributed by atoms with Crippen molar-refractivity contribution in [1.29, 1.82) is 0 Å². The van der Waals surface area contributed by atoms with E-state index >= 15 is 0 Å². The molecule has 4 aromatic carbocycles. The quantitative estimate of drug-likeness (QED) is 0.0846. The molecule has 6 rings (SSSR count). The summed E-state index contributed by atoms with van der Waals surface area (Å²) < 4.78 is 13.3. The largest absolute Gasteiger partial charge is 0.481 e. The minimum atomic E-state index is -0.876. The maximum atomic E-state index is 12.4. The fourth-order valence-corrected chi connectivity index (χ4v) is 7.50. The number of likely N-dealkylation sites (tertiary alicyclic amines) is 1. The summed E-state index contributed by atoms with van der Waals surface area (Å²) >= 11 is 6.10. The number of aliphatic carboxylic acids is 1. The Morgan fingerprint density at radius 3 is 2.17 bits per heavy atom. The van der Waals surface area contributed by atoms with Gasteiger partial charge in [0.2, 0.25) is 5.91 Å². The summed E-state index contributed by atoms with van der Waals surface area (Å²) in [7, 11) is 0. The lowest BCUT2D eigenvalue weighted by Crippen LogP contribution is -2.46. The predicted molar refractivity (Wildman–Crippen MR) is 209 cm³/mol. The highest BCUT2D eigenvalue weighted by Crippen LogP contribution is 2.40. The van der Waals surface area contributed by atoms with Crippen LogP contribution in [0.15, 0.2) is 97.1 Å². The fraction of sp³-hybridized carbons (Fsp3) is 0.409. The molecule has 2 heterocycles. The van der Waals surface area contributed by atoms with Gasteiger partial charge in [-0.3, -0.25) is 9.59 Å². The first-order valence-corrected chi connectivity index (χ1v) is 19.4. The second-order valence-corrected chi connectivity index (χ2v) is 15.0. The third kappa shape index (κ3) is 11.0. The lowest BCUT2D eigenvalue weighted by molar-refractivity contribution is -0.253. The average molecular weight is 755 g/mol. The first-order valence-electron chi connectivity index (χ1n) is 19.1. The van der Waals surface area contributed by atoms with Crippen molar-refractivity contribution >= 4 is 23.5 Å². The molecule has 4 aromatic rings. The third-order valence-corrected chi connectivity index (χ3v) is 10.9. The number of piperidine rings is 1. The number of amides is 1. The van der Waals surface area contributed by atoms with Gasteiger partial charge < -0.3 is 35.0 Å². The van der Waals surface area contributed by atoms with Crippen LogP contribution in [0.2, 0.25) is 5.02 Å². The molecule has 10 heteroatoms. The van der Waals surface area contributed by atoms with Crippen molar-refractivity contribution in [3.63, 3.8) is 0 Å². The number of benzene rings is 4. The molecule has 0 unspecified atom stereocenters. The van der Waals surface area contributed by atoms with Crippen LogP contribution in [0.4, 0.5) is 0 Å². The van der Waals surface area contributed by atoms with Crippen LogP contribution in [0.3, 0.4) is 0 Å². The standard InChI is InChI=1S/C44H51ClN2O7/c45-38-20-18-37(19-21-38)44(52)22-24-47(25-23-44)29-39-27-40(34-12-10-31(30-48)11-13-34)54-43(53-39)35-16-14-33(15-17-35)36-7-5-6-32(26-36)28-46-41(49)8-3-1-2-4-9-42(50)51/h5-7,10-21,26,39-40,43,48,52H,1-4,8-9,22-25,27-30H2,(H,46,49)(H,50,51)/t39-,40+,43+/m1/s1. The molecule has 0 aliphatic carbocycles. The summed E-state index contributed by atoms with van der Waals surface area (Å²) in [4.78, 5) is 25.4. The molecule has 3 atom stereocenters. The molecule has 4 N–H and O–H groups in total. The van der Waals surface area contributed by atoms with E-state index in [1.807, 2.05) is 72.8 Å². The highest BCUT2D eigenvalue weighted by molar-refractivity contribution is 6.30. The number of aliphatic hydroxyl groups is 2. The average Bonchev–Trinajstić information content (AvgIpc) is 3.19. The van der Waals surface area contributed by atoms with E-state index in [1.165, 1.54) is 0 Å². The second-order valence-electron chi connectivity index (χ2n) is 14.6. The number of aliphatic hydroxyl groups excluding tert-OH is 1. The molecule has 2 saturated heterocycles. The Hall–Kier alpha value is -4.09. The van der Waals surface area contributed by atoms with Gasteiger partial charge >= 0.3 is 5.97 Å². The summed E-state index contributed by atoms with van der Waals surface area (Å²) in [6, 6.07) is 31.8. The van der Waals surface area contributed by atoms with Crippen molar-refractivity contribution in [2.24, 2.45) is 0 Å². The van der Waals surface area contributed by atoms with Crippen molar-refractivity contribution in [2.45, 2.75) is 95.0 Å². The number of carboxylic acids is 1. The van der Waals surface area contributed by atoms with Crippen molar-refractivity contribution < 1.29 is 34.4 Å². The van der Waals surface area contributed by atoms with Crippen LogP contribution in [-0.4, -0.2) is 57.8 Å². The van der Waals surface area contributed by atoms with Crippen LogP contribution in [0.5, 0.6) is 0 Å². The Balaban J connectivity index is 1.07. The number of hydrogen-bond acceptors (Lipinski definition) is 7. The zero-order chi connectivity index (χ0) is 37.9. The zero-order valence-electron chi connectivity index (χ0n) is 30.7. The van der Waals surface area contributed by atoms with Gasteiger partial charge in [-0.2, -0.15) is 0 Å². The summed E-state index contributed by atoms with van der Waals surface area (Å²) in [6.07, 6.45) is 4.72. The van der Waals surface area contributed by atoms with E-state index in [0.29, 0.717) is 43.7 Å². The second kappa shape index (κ2) is 19.0. The minimum Gasteiger partial charge on any atom is -0.481 e. The lowest BCUT2D eigenvalue weighted by Gasteiger charge is -2.42. The summed E-state index contributed by atoms with van der Waals surface area (Å²) in [5.41, 5.74) is 5.92. The Bertz CT molecular complexity index is 1810. The van der Waals surface area contributed by atoms with Crippen LogP contribution >= 0.6 is 11.6 Å². The van der Waals surface area contributed by atoms with E-state index in [2.05, 4.69) is 34.5 Å². The molecule has 0 saturated carbocycles. The van der Waals surface area contributed by atoms with E-state index < -0.39 is 17.9 Å². The first-order chi connectivity index (χ1) is 26.2. The predicted octanol–water partition coefficient (Wildman–Crippen LogP) is 8.07. The number of rotatable bonds is 16. The Morgan fingerprint density at radius 2 is 1.48 bits per heavy atom. The van der Waals surface area contributed by atoms with Crippen molar-refractivity contribution in [1.82, 2.24) is 10.2 Å². The molecule has 2 fully saturated rings. The van der Waals surface area contributed by atoms with Crippen molar-refractivity contribution in [3.05, 3.63) is 130 Å². The molecular weight excluding hydrogens is 704 g/mol. The van der Waals surface area contributed by atoms with Crippen LogP contribution < -0.4 is 5.32 Å². The molecule has 286 valence electrons. The Morgan fingerprint density at radius 1 is 0.796 bits per heavy atom. The van der Waals surface area contributed by atoms with Gasteiger partial charge in [-0.25, -0.2) is 0 Å². The van der Waals surface area contributed by atoms with Crippen molar-refractivity contribution in [2.75, 3.05) is 19.6 Å². The number of nitrogens with zero attached hydrogens (tertiary/aromatic N) is 1. The van der Waals surface area contributed by atoms with Crippen LogP contribution in [0.25, 0.3) is 11.1 Å². The fourth-order valence-electron chi connectivity index (χ4n) is 7.37. The maximum absolute atomic E-state index is 12.4. The van der Waals surface area contributed by atoms with Gasteiger partial charge in [0.25, 0.3) is 0 Å². The van der Waals surface area contributed by atoms with Crippen molar-refractivity contribution in [3.8, 4) is 11.1 Å². The third-order valence-electron chi connectivity index (χ3n) is 10.6. The minimum absolute atomic E-state index is 0.00356. The van der Waals surface area contributed by atoms with Crippen LogP contribution in [-0.2, 0) is 37.8 Å². The highest BCUT2D eigenvalue weighted by Gasteiger charge is 2.37. The molecule has 0 aromatic heterocycles. The molecule has 54 heavy (non-hydrogen) atoms. The van der Waals surface area contributed by atoms with Gasteiger partial charge in [0.15, 0.2) is 6.29 Å². The number of carbonyl (C=O) groups is 2. The molecule has 9 nitrogen and oxygen atoms in total.